The molecule has 0 atom stereocenters. The van der Waals surface area contributed by atoms with E-state index >= 15 is 0 Å². The van der Waals surface area contributed by atoms with Gasteiger partial charge in [-0.05, 0) is 53.5 Å². The molecule has 1 heterocycles. The number of aryl methyl sites for hydroxylation is 1. The van der Waals surface area contributed by atoms with Crippen LogP contribution in [0.3, 0.4) is 0 Å². The van der Waals surface area contributed by atoms with Crippen molar-refractivity contribution >= 4 is 17.2 Å². The summed E-state index contributed by atoms with van der Waals surface area (Å²) < 4.78 is 10.7. The molecule has 0 saturated heterocycles. The SMILES string of the molecule is COc1ccc(CCN(Cc2sccc2C)C(=O)CC(C)(C)C)cc1OC. The molecule has 0 aliphatic heterocycles. The first-order chi connectivity index (χ1) is 12.7. The molecule has 1 amide bonds. The molecule has 5 heteroatoms. The monoisotopic (exact) mass is 389 g/mol. The first-order valence-electron chi connectivity index (χ1n) is 9.25. The minimum atomic E-state index is -0.0246. The van der Waals surface area contributed by atoms with Gasteiger partial charge in [-0.1, -0.05) is 26.8 Å². The van der Waals surface area contributed by atoms with Crippen LogP contribution in [-0.4, -0.2) is 31.6 Å². The van der Waals surface area contributed by atoms with E-state index in [1.54, 1.807) is 25.6 Å². The minimum absolute atomic E-state index is 0.0246. The summed E-state index contributed by atoms with van der Waals surface area (Å²) in [7, 11) is 3.27. The lowest BCUT2D eigenvalue weighted by atomic mass is 9.91. The molecule has 0 aliphatic carbocycles. The van der Waals surface area contributed by atoms with E-state index in [-0.39, 0.29) is 11.3 Å². The van der Waals surface area contributed by atoms with Crippen molar-refractivity contribution in [1.29, 1.82) is 0 Å². The zero-order valence-electron chi connectivity index (χ0n) is 17.3. The lowest BCUT2D eigenvalue weighted by Gasteiger charge is -2.27. The maximum absolute atomic E-state index is 12.9. The summed E-state index contributed by atoms with van der Waals surface area (Å²) >= 11 is 1.72. The Hall–Kier alpha value is -2.01. The third-order valence-electron chi connectivity index (χ3n) is 4.46. The summed E-state index contributed by atoms with van der Waals surface area (Å²) in [6, 6.07) is 8.05. The van der Waals surface area contributed by atoms with Gasteiger partial charge in [-0.15, -0.1) is 11.3 Å². The van der Waals surface area contributed by atoms with Gasteiger partial charge in [0.05, 0.1) is 20.8 Å². The third-order valence-corrected chi connectivity index (χ3v) is 5.46. The molecule has 1 aromatic carbocycles. The number of carbonyl (C=O) groups is 1. The first kappa shape index (κ1) is 21.3. The summed E-state index contributed by atoms with van der Waals surface area (Å²) in [5, 5.41) is 2.09. The van der Waals surface area contributed by atoms with Crippen molar-refractivity contribution in [2.24, 2.45) is 5.41 Å². The van der Waals surface area contributed by atoms with Crippen LogP contribution in [0.2, 0.25) is 0 Å². The van der Waals surface area contributed by atoms with E-state index in [0.29, 0.717) is 19.5 Å². The van der Waals surface area contributed by atoms with Gasteiger partial charge in [-0.25, -0.2) is 0 Å². The third kappa shape index (κ3) is 6.28. The van der Waals surface area contributed by atoms with E-state index in [0.717, 1.165) is 23.5 Å². The molecule has 0 N–H and O–H groups in total. The number of hydrogen-bond donors (Lipinski definition) is 0. The molecule has 0 saturated carbocycles. The maximum Gasteiger partial charge on any atom is 0.223 e. The number of ether oxygens (including phenoxy) is 2. The minimum Gasteiger partial charge on any atom is -0.493 e. The van der Waals surface area contributed by atoms with Crippen LogP contribution in [0.4, 0.5) is 0 Å². The van der Waals surface area contributed by atoms with Crippen molar-refractivity contribution in [3.05, 3.63) is 45.6 Å². The molecule has 27 heavy (non-hydrogen) atoms. The van der Waals surface area contributed by atoms with E-state index in [1.165, 1.54) is 10.4 Å². The molecular weight excluding hydrogens is 358 g/mol. The Labute approximate surface area is 167 Å². The average Bonchev–Trinajstić information content (AvgIpc) is 3.01. The second-order valence-electron chi connectivity index (χ2n) is 8.02. The first-order valence-corrected chi connectivity index (χ1v) is 10.1. The number of benzene rings is 1. The molecular formula is C22H31NO3S. The van der Waals surface area contributed by atoms with Gasteiger partial charge in [0.15, 0.2) is 11.5 Å². The second-order valence-corrected chi connectivity index (χ2v) is 9.02. The highest BCUT2D eigenvalue weighted by molar-refractivity contribution is 7.10. The van der Waals surface area contributed by atoms with Gasteiger partial charge in [0.1, 0.15) is 0 Å². The standard InChI is InChI=1S/C22H31NO3S/c1-16-10-12-27-20(16)15-23(21(24)14-22(2,3)4)11-9-17-7-8-18(25-5)19(13-17)26-6/h7-8,10,12-13H,9,11,14-15H2,1-6H3. The summed E-state index contributed by atoms with van der Waals surface area (Å²) in [5.41, 5.74) is 2.35. The smallest absolute Gasteiger partial charge is 0.223 e. The Balaban J connectivity index is 2.13. The predicted octanol–water partition coefficient (Wildman–Crippen LogP) is 5.08. The Kier molecular flexibility index (Phi) is 7.31. The van der Waals surface area contributed by atoms with E-state index in [2.05, 4.69) is 39.1 Å². The number of hydrogen-bond acceptors (Lipinski definition) is 4. The van der Waals surface area contributed by atoms with Crippen molar-refractivity contribution in [2.45, 2.75) is 47.1 Å². The molecule has 0 bridgehead atoms. The molecule has 1 aromatic heterocycles. The normalized spacial score (nSPS) is 11.3. The number of rotatable bonds is 8. The van der Waals surface area contributed by atoms with Gasteiger partial charge in [0, 0.05) is 17.8 Å². The van der Waals surface area contributed by atoms with Crippen molar-refractivity contribution in [2.75, 3.05) is 20.8 Å². The Morgan fingerprint density at radius 1 is 1.11 bits per heavy atom. The number of nitrogens with zero attached hydrogens (tertiary/aromatic N) is 1. The summed E-state index contributed by atoms with van der Waals surface area (Å²) in [6.45, 7) is 9.77. The van der Waals surface area contributed by atoms with E-state index in [1.807, 2.05) is 23.1 Å². The lowest BCUT2D eigenvalue weighted by Crippen LogP contribution is -2.34. The highest BCUT2D eigenvalue weighted by Gasteiger charge is 2.22. The van der Waals surface area contributed by atoms with E-state index in [9.17, 15) is 4.79 Å². The fourth-order valence-electron chi connectivity index (χ4n) is 2.90. The van der Waals surface area contributed by atoms with E-state index in [4.69, 9.17) is 9.47 Å². The van der Waals surface area contributed by atoms with Crippen LogP contribution in [0.1, 0.15) is 43.2 Å². The quantitative estimate of drug-likeness (QED) is 0.632. The van der Waals surface area contributed by atoms with Crippen molar-refractivity contribution in [3.8, 4) is 11.5 Å². The van der Waals surface area contributed by atoms with Gasteiger partial charge < -0.3 is 14.4 Å². The van der Waals surface area contributed by atoms with Gasteiger partial charge in [-0.2, -0.15) is 0 Å². The molecule has 4 nitrogen and oxygen atoms in total. The zero-order chi connectivity index (χ0) is 20.0. The lowest BCUT2D eigenvalue weighted by molar-refractivity contribution is -0.133. The highest BCUT2D eigenvalue weighted by atomic mass is 32.1. The van der Waals surface area contributed by atoms with Crippen molar-refractivity contribution in [1.82, 2.24) is 4.90 Å². The summed E-state index contributed by atoms with van der Waals surface area (Å²) in [6.07, 6.45) is 1.32. The Bertz CT molecular complexity index is 761. The van der Waals surface area contributed by atoms with Crippen LogP contribution in [0.25, 0.3) is 0 Å². The van der Waals surface area contributed by atoms with Crippen LogP contribution in [-0.2, 0) is 17.8 Å². The highest BCUT2D eigenvalue weighted by Crippen LogP contribution is 2.28. The van der Waals surface area contributed by atoms with Gasteiger partial charge >= 0.3 is 0 Å². The number of methoxy groups -OCH3 is 2. The molecule has 2 rings (SSSR count). The van der Waals surface area contributed by atoms with Crippen LogP contribution in [0, 0.1) is 12.3 Å². The number of carbonyl (C=O) groups excluding carboxylic acids is 1. The molecule has 0 unspecified atom stereocenters. The zero-order valence-corrected chi connectivity index (χ0v) is 18.1. The second kappa shape index (κ2) is 9.27. The Morgan fingerprint density at radius 2 is 1.81 bits per heavy atom. The maximum atomic E-state index is 12.9. The number of amides is 1. The fraction of sp³-hybridized carbons (Fsp3) is 0.500. The van der Waals surface area contributed by atoms with Crippen LogP contribution in [0.15, 0.2) is 29.6 Å². The summed E-state index contributed by atoms with van der Waals surface area (Å²) in [4.78, 5) is 16.2. The van der Waals surface area contributed by atoms with Crippen LogP contribution in [0.5, 0.6) is 11.5 Å². The topological polar surface area (TPSA) is 38.8 Å². The largest absolute Gasteiger partial charge is 0.493 e. The van der Waals surface area contributed by atoms with Gasteiger partial charge in [0.2, 0.25) is 5.91 Å². The predicted molar refractivity (Wildman–Crippen MR) is 112 cm³/mol. The van der Waals surface area contributed by atoms with Gasteiger partial charge in [0.25, 0.3) is 0 Å². The molecule has 0 fully saturated rings. The summed E-state index contributed by atoms with van der Waals surface area (Å²) in [5.74, 6) is 1.64. The molecule has 2 aromatic rings. The fourth-order valence-corrected chi connectivity index (χ4v) is 3.82. The Morgan fingerprint density at radius 3 is 2.37 bits per heavy atom. The van der Waals surface area contributed by atoms with Crippen LogP contribution < -0.4 is 9.47 Å². The number of thiophene rings is 1. The molecule has 148 valence electrons. The van der Waals surface area contributed by atoms with Crippen molar-refractivity contribution in [3.63, 3.8) is 0 Å². The average molecular weight is 390 g/mol. The molecule has 0 aliphatic rings. The van der Waals surface area contributed by atoms with Crippen molar-refractivity contribution < 1.29 is 14.3 Å². The van der Waals surface area contributed by atoms with Crippen LogP contribution >= 0.6 is 11.3 Å². The van der Waals surface area contributed by atoms with Gasteiger partial charge in [-0.3, -0.25) is 4.79 Å². The molecule has 0 spiro atoms. The molecule has 0 radical (unpaired) electrons. The van der Waals surface area contributed by atoms with E-state index < -0.39 is 0 Å².